The van der Waals surface area contributed by atoms with Crippen LogP contribution in [0.4, 0.5) is 10.5 Å². The van der Waals surface area contributed by atoms with Gasteiger partial charge in [-0.1, -0.05) is 25.1 Å². The molecule has 4 N–H and O–H groups in total. The highest BCUT2D eigenvalue weighted by Crippen LogP contribution is 2.26. The summed E-state index contributed by atoms with van der Waals surface area (Å²) in [5.41, 5.74) is 5.88. The van der Waals surface area contributed by atoms with E-state index in [1.54, 1.807) is 25.1 Å². The van der Waals surface area contributed by atoms with E-state index in [2.05, 4.69) is 5.32 Å². The highest BCUT2D eigenvalue weighted by atomic mass is 16.6. The third-order valence-electron chi connectivity index (χ3n) is 5.49. The molecule has 1 aromatic rings. The quantitative estimate of drug-likeness (QED) is 0.261. The van der Waals surface area contributed by atoms with Crippen molar-refractivity contribution in [3.8, 4) is 0 Å². The molecule has 0 aliphatic carbocycles. The molecule has 0 aromatic heterocycles. The second kappa shape index (κ2) is 12.0. The van der Waals surface area contributed by atoms with Crippen LogP contribution in [0.5, 0.6) is 0 Å². The first-order chi connectivity index (χ1) is 15.3. The highest BCUT2D eigenvalue weighted by Gasteiger charge is 2.37. The summed E-state index contributed by atoms with van der Waals surface area (Å²) >= 11 is 0. The number of hydrogen-bond donors (Lipinski definition) is 3. The monoisotopic (exact) mass is 450 g/mol. The molecule has 0 radical (unpaired) electrons. The van der Waals surface area contributed by atoms with Gasteiger partial charge in [-0.25, -0.2) is 9.59 Å². The maximum absolute atomic E-state index is 13.0. The van der Waals surface area contributed by atoms with E-state index in [4.69, 9.17) is 10.5 Å². The molecule has 1 aliphatic heterocycles. The zero-order valence-electron chi connectivity index (χ0n) is 18.1. The highest BCUT2D eigenvalue weighted by molar-refractivity contribution is 5.89. The summed E-state index contributed by atoms with van der Waals surface area (Å²) in [4.78, 5) is 48.8. The van der Waals surface area contributed by atoms with Crippen LogP contribution in [0.3, 0.4) is 0 Å². The lowest BCUT2D eigenvalue weighted by atomic mass is 10.0. The lowest BCUT2D eigenvalue weighted by Crippen LogP contribution is -2.51. The minimum absolute atomic E-state index is 0.0624. The predicted molar refractivity (Wildman–Crippen MR) is 115 cm³/mol. The Balaban J connectivity index is 2.01. The number of nitrogens with zero attached hydrogens (tertiary/aromatic N) is 2. The zero-order chi connectivity index (χ0) is 23.7. The number of benzene rings is 1. The maximum atomic E-state index is 13.0. The minimum Gasteiger partial charge on any atom is -0.480 e. The maximum Gasteiger partial charge on any atom is 0.407 e. The van der Waals surface area contributed by atoms with Crippen LogP contribution in [-0.4, -0.2) is 64.7 Å². The van der Waals surface area contributed by atoms with E-state index < -0.39 is 40.9 Å². The first-order valence-electron chi connectivity index (χ1n) is 10.7. The number of likely N-dealkylation sites (tertiary alicyclic amines) is 1. The molecule has 0 saturated carbocycles. The van der Waals surface area contributed by atoms with Gasteiger partial charge in [0.05, 0.1) is 4.92 Å². The molecule has 11 heteroatoms. The van der Waals surface area contributed by atoms with Gasteiger partial charge >= 0.3 is 12.1 Å². The number of nitrogens with two attached hydrogens (primary N) is 1. The van der Waals surface area contributed by atoms with Gasteiger partial charge in [0.2, 0.25) is 5.91 Å². The number of alkyl carbamates (subject to hydrolysis) is 1. The summed E-state index contributed by atoms with van der Waals surface area (Å²) in [5.74, 6) is -1.98. The van der Waals surface area contributed by atoms with Crippen LogP contribution in [-0.2, 0) is 14.3 Å². The Bertz CT molecular complexity index is 832. The van der Waals surface area contributed by atoms with E-state index in [1.165, 1.54) is 11.0 Å². The molecule has 1 aliphatic rings. The standard InChI is InChI=1S/C21H30N4O7/c1-14(15-7-2-3-9-17(15)25(30)31)13-32-21(29)23-16(8-4-5-11-22)19(26)24-12-6-10-18(24)20(27)28/h2-3,7,9,14,16,18H,4-6,8,10-13,22H2,1H3,(H,23,29)(H,27,28)/t14?,16-,18-/m0/s1. The number of carbonyl (C=O) groups is 3. The van der Waals surface area contributed by atoms with Crippen molar-refractivity contribution in [3.63, 3.8) is 0 Å². The third kappa shape index (κ3) is 6.64. The fourth-order valence-corrected chi connectivity index (χ4v) is 3.78. The fourth-order valence-electron chi connectivity index (χ4n) is 3.78. The molecule has 1 aromatic carbocycles. The zero-order valence-corrected chi connectivity index (χ0v) is 18.1. The Hall–Kier alpha value is -3.21. The summed E-state index contributed by atoms with van der Waals surface area (Å²) in [6.07, 6.45) is 1.63. The average Bonchev–Trinajstić information content (AvgIpc) is 3.26. The van der Waals surface area contributed by atoms with E-state index in [1.807, 2.05) is 0 Å². The van der Waals surface area contributed by atoms with Crippen LogP contribution in [0, 0.1) is 10.1 Å². The first-order valence-corrected chi connectivity index (χ1v) is 10.7. The molecule has 1 fully saturated rings. The van der Waals surface area contributed by atoms with Gasteiger partial charge in [0, 0.05) is 24.1 Å². The Morgan fingerprint density at radius 3 is 2.72 bits per heavy atom. The second-order valence-electron chi connectivity index (χ2n) is 7.82. The van der Waals surface area contributed by atoms with Crippen molar-refractivity contribution >= 4 is 23.7 Å². The number of nitro groups is 1. The van der Waals surface area contributed by atoms with Gasteiger partial charge in [0.1, 0.15) is 18.7 Å². The number of carboxylic acid groups (broad SMARTS) is 1. The Labute approximate surface area is 186 Å². The van der Waals surface area contributed by atoms with Crippen LogP contribution >= 0.6 is 0 Å². The van der Waals surface area contributed by atoms with Crippen molar-refractivity contribution in [2.75, 3.05) is 19.7 Å². The molecule has 1 unspecified atom stereocenters. The molecule has 2 amide bonds. The second-order valence-corrected chi connectivity index (χ2v) is 7.82. The minimum atomic E-state index is -1.07. The van der Waals surface area contributed by atoms with Crippen LogP contribution in [0.2, 0.25) is 0 Å². The lowest BCUT2D eigenvalue weighted by Gasteiger charge is -2.27. The van der Waals surface area contributed by atoms with Crippen LogP contribution < -0.4 is 11.1 Å². The van der Waals surface area contributed by atoms with Gasteiger partial charge in [-0.15, -0.1) is 0 Å². The Morgan fingerprint density at radius 2 is 2.06 bits per heavy atom. The molecule has 1 saturated heterocycles. The van der Waals surface area contributed by atoms with Crippen LogP contribution in [0.15, 0.2) is 24.3 Å². The molecular formula is C21H30N4O7. The van der Waals surface area contributed by atoms with Gasteiger partial charge in [-0.3, -0.25) is 14.9 Å². The summed E-state index contributed by atoms with van der Waals surface area (Å²) < 4.78 is 5.23. The Morgan fingerprint density at radius 1 is 1.34 bits per heavy atom. The number of nitrogens with one attached hydrogen (secondary N) is 1. The molecule has 2 rings (SSSR count). The summed E-state index contributed by atoms with van der Waals surface area (Å²) in [6.45, 7) is 2.32. The molecule has 176 valence electrons. The summed E-state index contributed by atoms with van der Waals surface area (Å²) in [7, 11) is 0. The van der Waals surface area contributed by atoms with Gasteiger partial charge in [0.15, 0.2) is 0 Å². The third-order valence-corrected chi connectivity index (χ3v) is 5.49. The predicted octanol–water partition coefficient (Wildman–Crippen LogP) is 2.00. The number of rotatable bonds is 11. The summed E-state index contributed by atoms with van der Waals surface area (Å²) in [5, 5.41) is 23.1. The lowest BCUT2D eigenvalue weighted by molar-refractivity contribution is -0.385. The van der Waals surface area contributed by atoms with Crippen LogP contribution in [0.1, 0.15) is 50.5 Å². The first kappa shape index (κ1) is 25.1. The molecule has 0 spiro atoms. The van der Waals surface area contributed by atoms with Gasteiger partial charge < -0.3 is 25.8 Å². The molecule has 11 nitrogen and oxygen atoms in total. The number of amides is 2. The van der Waals surface area contributed by atoms with E-state index >= 15 is 0 Å². The number of hydrogen-bond acceptors (Lipinski definition) is 7. The van der Waals surface area contributed by atoms with Crippen molar-refractivity contribution in [2.24, 2.45) is 5.73 Å². The molecule has 32 heavy (non-hydrogen) atoms. The normalized spacial score (nSPS) is 17.4. The molecule has 3 atom stereocenters. The van der Waals surface area contributed by atoms with Gasteiger partial charge in [-0.05, 0) is 38.6 Å². The van der Waals surface area contributed by atoms with E-state index in [0.717, 1.165) is 0 Å². The topological polar surface area (TPSA) is 165 Å². The molecule has 1 heterocycles. The number of carboxylic acids is 1. The number of nitro benzene ring substituents is 1. The van der Waals surface area contributed by atoms with Crippen LogP contribution in [0.25, 0.3) is 0 Å². The number of carbonyl (C=O) groups excluding carboxylic acids is 2. The number of para-hydroxylation sites is 1. The SMILES string of the molecule is CC(COC(=O)N[C@@H](CCCCN)C(=O)N1CCC[C@H]1C(=O)O)c1ccccc1[N+](=O)[O-]. The Kier molecular flexibility index (Phi) is 9.39. The van der Waals surface area contributed by atoms with Crippen molar-refractivity contribution in [2.45, 2.75) is 57.0 Å². The van der Waals surface area contributed by atoms with Crippen molar-refractivity contribution in [3.05, 3.63) is 39.9 Å². The van der Waals surface area contributed by atoms with Gasteiger partial charge in [0.25, 0.3) is 5.69 Å². The molecule has 0 bridgehead atoms. The number of ether oxygens (including phenoxy) is 1. The van der Waals surface area contributed by atoms with Gasteiger partial charge in [-0.2, -0.15) is 0 Å². The van der Waals surface area contributed by atoms with Crippen molar-refractivity contribution < 1.29 is 29.2 Å². The smallest absolute Gasteiger partial charge is 0.407 e. The number of unbranched alkanes of at least 4 members (excludes halogenated alkanes) is 1. The summed E-state index contributed by atoms with van der Waals surface area (Å²) in [6, 6.07) is 4.36. The van der Waals surface area contributed by atoms with E-state index in [9.17, 15) is 29.6 Å². The largest absolute Gasteiger partial charge is 0.480 e. The van der Waals surface area contributed by atoms with Crippen molar-refractivity contribution in [1.29, 1.82) is 0 Å². The number of aliphatic carboxylic acids is 1. The fraction of sp³-hybridized carbons (Fsp3) is 0.571. The average molecular weight is 450 g/mol. The molecular weight excluding hydrogens is 420 g/mol. The van der Waals surface area contributed by atoms with Crippen molar-refractivity contribution in [1.82, 2.24) is 10.2 Å². The van der Waals surface area contributed by atoms with E-state index in [0.29, 0.717) is 50.8 Å². The van der Waals surface area contributed by atoms with E-state index in [-0.39, 0.29) is 12.3 Å².